The van der Waals surface area contributed by atoms with Gasteiger partial charge in [0.1, 0.15) is 5.52 Å². The summed E-state index contributed by atoms with van der Waals surface area (Å²) in [4.78, 5) is 20.0. The molecule has 6 heteroatoms. The van der Waals surface area contributed by atoms with Crippen LogP contribution < -0.4 is 0 Å². The molecule has 0 fully saturated rings. The van der Waals surface area contributed by atoms with Crippen molar-refractivity contribution < 1.29 is 9.90 Å². The Bertz CT molecular complexity index is 708. The first-order valence-corrected chi connectivity index (χ1v) is 7.98. The Morgan fingerprint density at radius 3 is 3.10 bits per heavy atom. The molecule has 2 heterocycles. The number of aryl methyl sites for hydroxylation is 1. The van der Waals surface area contributed by atoms with Crippen LogP contribution in [-0.2, 0) is 4.79 Å². The summed E-state index contributed by atoms with van der Waals surface area (Å²) in [6, 6.07) is 2.25. The molecule has 2 aromatic rings. The molecule has 1 aliphatic rings. The molecule has 1 N–H and O–H groups in total. The van der Waals surface area contributed by atoms with Gasteiger partial charge in [0.2, 0.25) is 0 Å². The van der Waals surface area contributed by atoms with Crippen molar-refractivity contribution >= 4 is 28.9 Å². The number of carbonyl (C=O) groups is 1. The van der Waals surface area contributed by atoms with Crippen molar-refractivity contribution in [3.63, 3.8) is 0 Å². The molecule has 0 spiro atoms. The molecule has 1 atom stereocenters. The predicted octanol–water partition coefficient (Wildman–Crippen LogP) is 3.20. The minimum absolute atomic E-state index is 0.0188. The number of imidazole rings is 1. The van der Waals surface area contributed by atoms with Crippen molar-refractivity contribution in [1.29, 1.82) is 0 Å². The average Bonchev–Trinajstić information content (AvgIpc) is 2.86. The molecule has 21 heavy (non-hydrogen) atoms. The van der Waals surface area contributed by atoms with E-state index in [0.717, 1.165) is 41.1 Å². The topological polar surface area (TPSA) is 68.0 Å². The lowest BCUT2D eigenvalue weighted by Crippen LogP contribution is -2.13. The third-order valence-electron chi connectivity index (χ3n) is 3.68. The third-order valence-corrected chi connectivity index (χ3v) is 4.62. The molecule has 0 saturated heterocycles. The zero-order chi connectivity index (χ0) is 14.8. The van der Waals surface area contributed by atoms with Crippen molar-refractivity contribution in [3.8, 4) is 0 Å². The second-order valence-electron chi connectivity index (χ2n) is 5.19. The Hall–Kier alpha value is -1.82. The van der Waals surface area contributed by atoms with Gasteiger partial charge in [0.25, 0.3) is 0 Å². The predicted molar refractivity (Wildman–Crippen MR) is 82.7 cm³/mol. The second kappa shape index (κ2) is 5.89. The summed E-state index contributed by atoms with van der Waals surface area (Å²) in [7, 11) is 0. The molecule has 5 nitrogen and oxygen atoms in total. The van der Waals surface area contributed by atoms with Gasteiger partial charge in [-0.15, -0.1) is 0 Å². The molecule has 1 aliphatic carbocycles. The number of carboxylic acids is 1. The number of pyridine rings is 1. The van der Waals surface area contributed by atoms with E-state index in [4.69, 9.17) is 5.11 Å². The number of hydrogen-bond donors (Lipinski definition) is 1. The van der Waals surface area contributed by atoms with Crippen molar-refractivity contribution in [2.24, 2.45) is 0 Å². The SMILES string of the molecule is Cc1ccnc2c1nc(SCC(=O)O)n2C1CC=CCC1. The fourth-order valence-corrected chi connectivity index (χ4v) is 3.44. The molecule has 0 amide bonds. The first kappa shape index (κ1) is 14.1. The summed E-state index contributed by atoms with van der Waals surface area (Å²) in [6.07, 6.45) is 9.19. The highest BCUT2D eigenvalue weighted by atomic mass is 32.2. The normalized spacial score (nSPS) is 18.2. The van der Waals surface area contributed by atoms with E-state index in [1.807, 2.05) is 13.0 Å². The molecular weight excluding hydrogens is 286 g/mol. The number of fused-ring (bicyclic) bond motifs is 1. The van der Waals surface area contributed by atoms with Gasteiger partial charge in [-0.25, -0.2) is 9.97 Å². The van der Waals surface area contributed by atoms with Crippen molar-refractivity contribution in [2.45, 2.75) is 37.4 Å². The van der Waals surface area contributed by atoms with Crippen LogP contribution in [0.2, 0.25) is 0 Å². The molecule has 0 aromatic carbocycles. The largest absolute Gasteiger partial charge is 0.481 e. The quantitative estimate of drug-likeness (QED) is 0.694. The number of aliphatic carboxylic acids is 1. The summed E-state index contributed by atoms with van der Waals surface area (Å²) in [5.41, 5.74) is 2.81. The van der Waals surface area contributed by atoms with E-state index in [1.54, 1.807) is 6.20 Å². The van der Waals surface area contributed by atoms with Gasteiger partial charge in [0.05, 0.1) is 5.75 Å². The maximum Gasteiger partial charge on any atom is 0.313 e. The van der Waals surface area contributed by atoms with E-state index in [2.05, 4.69) is 26.7 Å². The van der Waals surface area contributed by atoms with Crippen LogP contribution in [0.4, 0.5) is 0 Å². The highest BCUT2D eigenvalue weighted by Crippen LogP contribution is 2.33. The summed E-state index contributed by atoms with van der Waals surface area (Å²) < 4.78 is 2.12. The minimum Gasteiger partial charge on any atom is -0.481 e. The van der Waals surface area contributed by atoms with E-state index < -0.39 is 5.97 Å². The molecule has 110 valence electrons. The van der Waals surface area contributed by atoms with Crippen LogP contribution in [0.1, 0.15) is 30.9 Å². The Labute approximate surface area is 127 Å². The molecule has 0 radical (unpaired) electrons. The zero-order valence-corrected chi connectivity index (χ0v) is 12.6. The van der Waals surface area contributed by atoms with Gasteiger partial charge in [0, 0.05) is 12.2 Å². The van der Waals surface area contributed by atoms with Crippen LogP contribution in [0.25, 0.3) is 11.2 Å². The zero-order valence-electron chi connectivity index (χ0n) is 11.8. The van der Waals surface area contributed by atoms with Gasteiger partial charge >= 0.3 is 5.97 Å². The summed E-state index contributed by atoms with van der Waals surface area (Å²) in [5.74, 6) is -0.808. The van der Waals surface area contributed by atoms with Gasteiger partial charge < -0.3 is 9.67 Å². The first-order valence-electron chi connectivity index (χ1n) is 7.00. The second-order valence-corrected chi connectivity index (χ2v) is 6.13. The van der Waals surface area contributed by atoms with E-state index in [9.17, 15) is 4.79 Å². The molecular formula is C15H17N3O2S. The lowest BCUT2D eigenvalue weighted by Gasteiger charge is -2.21. The molecule has 2 aromatic heterocycles. The van der Waals surface area contributed by atoms with Gasteiger partial charge in [0.15, 0.2) is 10.8 Å². The molecule has 3 rings (SSSR count). The maximum atomic E-state index is 10.9. The van der Waals surface area contributed by atoms with Crippen LogP contribution in [0, 0.1) is 6.92 Å². The number of thioether (sulfide) groups is 1. The van der Waals surface area contributed by atoms with Crippen LogP contribution in [-0.4, -0.2) is 31.4 Å². The number of carboxylic acid groups (broad SMARTS) is 1. The monoisotopic (exact) mass is 303 g/mol. The van der Waals surface area contributed by atoms with Crippen LogP contribution >= 0.6 is 11.8 Å². The van der Waals surface area contributed by atoms with E-state index in [-0.39, 0.29) is 5.75 Å². The first-order chi connectivity index (χ1) is 10.2. The lowest BCUT2D eigenvalue weighted by molar-refractivity contribution is -0.133. The summed E-state index contributed by atoms with van der Waals surface area (Å²) in [6.45, 7) is 2.01. The third kappa shape index (κ3) is 2.81. The highest BCUT2D eigenvalue weighted by Gasteiger charge is 2.22. The van der Waals surface area contributed by atoms with Crippen molar-refractivity contribution in [3.05, 3.63) is 30.0 Å². The summed E-state index contributed by atoms with van der Waals surface area (Å²) in [5, 5.41) is 9.68. The fourth-order valence-electron chi connectivity index (χ4n) is 2.66. The van der Waals surface area contributed by atoms with Crippen LogP contribution in [0.5, 0.6) is 0 Å². The van der Waals surface area contributed by atoms with Crippen molar-refractivity contribution in [2.75, 3.05) is 5.75 Å². The minimum atomic E-state index is -0.827. The molecule has 0 saturated carbocycles. The maximum absolute atomic E-state index is 10.9. The average molecular weight is 303 g/mol. The number of allylic oxidation sites excluding steroid dienone is 2. The number of aromatic nitrogens is 3. The Kier molecular flexibility index (Phi) is 3.96. The highest BCUT2D eigenvalue weighted by molar-refractivity contribution is 7.99. The van der Waals surface area contributed by atoms with E-state index in [0.29, 0.717) is 6.04 Å². The summed E-state index contributed by atoms with van der Waals surface area (Å²) >= 11 is 1.27. The molecule has 0 bridgehead atoms. The van der Waals surface area contributed by atoms with E-state index >= 15 is 0 Å². The molecule has 0 aliphatic heterocycles. The van der Waals surface area contributed by atoms with Crippen LogP contribution in [0.15, 0.2) is 29.6 Å². The Morgan fingerprint density at radius 2 is 2.38 bits per heavy atom. The number of hydrogen-bond acceptors (Lipinski definition) is 4. The smallest absolute Gasteiger partial charge is 0.313 e. The number of nitrogens with zero attached hydrogens (tertiary/aromatic N) is 3. The lowest BCUT2D eigenvalue weighted by atomic mass is 10.0. The number of rotatable bonds is 4. The fraction of sp³-hybridized carbons (Fsp3) is 0.400. The van der Waals surface area contributed by atoms with Gasteiger partial charge in [-0.3, -0.25) is 4.79 Å². The molecule has 1 unspecified atom stereocenters. The van der Waals surface area contributed by atoms with Crippen molar-refractivity contribution in [1.82, 2.24) is 14.5 Å². The van der Waals surface area contributed by atoms with Gasteiger partial charge in [-0.1, -0.05) is 23.9 Å². The Balaban J connectivity index is 2.08. The van der Waals surface area contributed by atoms with Gasteiger partial charge in [-0.05, 0) is 37.8 Å². The van der Waals surface area contributed by atoms with Gasteiger partial charge in [-0.2, -0.15) is 0 Å². The van der Waals surface area contributed by atoms with Crippen LogP contribution in [0.3, 0.4) is 0 Å². The van der Waals surface area contributed by atoms with E-state index in [1.165, 1.54) is 11.8 Å². The Morgan fingerprint density at radius 1 is 1.52 bits per heavy atom. The standard InChI is InChI=1S/C15H17N3O2S/c1-10-7-8-16-14-13(10)17-15(21-9-12(19)20)18(14)11-5-3-2-4-6-11/h2-3,7-8,11H,4-6,9H2,1H3,(H,19,20).